The molecule has 2 N–H and O–H groups in total. The monoisotopic (exact) mass is 553 g/mol. The Labute approximate surface area is 220 Å². The molecule has 0 spiro atoms. The van der Waals surface area contributed by atoms with Crippen molar-refractivity contribution in [2.24, 2.45) is 0 Å². The van der Waals surface area contributed by atoms with Crippen LogP contribution in [0.25, 0.3) is 0 Å². The predicted molar refractivity (Wildman–Crippen MR) is 144 cm³/mol. The zero-order valence-electron chi connectivity index (χ0n) is 20.2. The molecular weight excluding hydrogens is 529 g/mol. The lowest BCUT2D eigenvalue weighted by molar-refractivity contribution is -0.114. The van der Waals surface area contributed by atoms with E-state index in [4.69, 9.17) is 0 Å². The van der Waals surface area contributed by atoms with Crippen LogP contribution >= 0.6 is 0 Å². The van der Waals surface area contributed by atoms with Crippen LogP contribution in [-0.4, -0.2) is 29.3 Å². The zero-order valence-corrected chi connectivity index (χ0v) is 21.8. The van der Waals surface area contributed by atoms with Crippen molar-refractivity contribution in [1.29, 1.82) is 0 Å². The number of carbonyl (C=O) groups excluding carboxylic acids is 1. The van der Waals surface area contributed by atoms with Crippen molar-refractivity contribution in [2.75, 3.05) is 20.9 Å². The van der Waals surface area contributed by atoms with Gasteiger partial charge < -0.3 is 5.32 Å². The number of rotatable bonds is 9. The fourth-order valence-electron chi connectivity index (χ4n) is 3.53. The van der Waals surface area contributed by atoms with Gasteiger partial charge in [-0.25, -0.2) is 21.2 Å². The number of nitrogens with one attached hydrogen (secondary N) is 2. The summed E-state index contributed by atoms with van der Waals surface area (Å²) >= 11 is 0. The maximum absolute atomic E-state index is 13.4. The Morgan fingerprint density at radius 2 is 1.29 bits per heavy atom. The van der Waals surface area contributed by atoms with Crippen LogP contribution in [0, 0.1) is 12.7 Å². The molecular formula is C27H24FN3O5S2. The fraction of sp³-hybridized carbons (Fsp3) is 0.0741. The SMILES string of the molecule is Cc1ccc(NS(=O)(=O)c2ccc(NC(=O)CN(c3ccccc3)S(=O)(=O)c3ccc(F)cc3)cc2)cc1. The van der Waals surface area contributed by atoms with Gasteiger partial charge in [0.15, 0.2) is 0 Å². The van der Waals surface area contributed by atoms with Crippen molar-refractivity contribution in [3.05, 3.63) is 115 Å². The largest absolute Gasteiger partial charge is 0.325 e. The summed E-state index contributed by atoms with van der Waals surface area (Å²) in [6, 6.07) is 24.7. The minimum atomic E-state index is -4.20. The first-order valence-electron chi connectivity index (χ1n) is 11.4. The zero-order chi connectivity index (χ0) is 27.3. The van der Waals surface area contributed by atoms with Crippen LogP contribution < -0.4 is 14.3 Å². The van der Waals surface area contributed by atoms with Crippen LogP contribution in [0.2, 0.25) is 0 Å². The van der Waals surface area contributed by atoms with Gasteiger partial charge in [-0.05, 0) is 79.7 Å². The number of carbonyl (C=O) groups is 1. The quantitative estimate of drug-likeness (QED) is 0.310. The van der Waals surface area contributed by atoms with E-state index in [1.807, 2.05) is 6.92 Å². The van der Waals surface area contributed by atoms with Crippen molar-refractivity contribution in [3.63, 3.8) is 0 Å². The Balaban J connectivity index is 1.50. The molecule has 0 aliphatic rings. The number of para-hydroxylation sites is 1. The molecule has 0 aliphatic heterocycles. The van der Waals surface area contributed by atoms with Crippen molar-refractivity contribution in [1.82, 2.24) is 0 Å². The van der Waals surface area contributed by atoms with E-state index in [1.54, 1.807) is 42.5 Å². The van der Waals surface area contributed by atoms with Crippen LogP contribution in [0.1, 0.15) is 5.56 Å². The highest BCUT2D eigenvalue weighted by atomic mass is 32.2. The van der Waals surface area contributed by atoms with E-state index in [0.717, 1.165) is 34.1 Å². The topological polar surface area (TPSA) is 113 Å². The number of hydrogen-bond donors (Lipinski definition) is 2. The second-order valence-corrected chi connectivity index (χ2v) is 11.9. The van der Waals surface area contributed by atoms with Gasteiger partial charge in [-0.15, -0.1) is 0 Å². The maximum Gasteiger partial charge on any atom is 0.264 e. The molecule has 0 aliphatic carbocycles. The first-order valence-corrected chi connectivity index (χ1v) is 14.3. The Bertz CT molecular complexity index is 1630. The molecule has 4 rings (SSSR count). The molecule has 0 fully saturated rings. The predicted octanol–water partition coefficient (Wildman–Crippen LogP) is 4.77. The van der Waals surface area contributed by atoms with E-state index in [2.05, 4.69) is 10.0 Å². The van der Waals surface area contributed by atoms with Crippen molar-refractivity contribution in [3.8, 4) is 0 Å². The molecule has 4 aromatic rings. The summed E-state index contributed by atoms with van der Waals surface area (Å²) in [4.78, 5) is 12.7. The van der Waals surface area contributed by atoms with Crippen LogP contribution in [0.15, 0.2) is 113 Å². The van der Waals surface area contributed by atoms with E-state index >= 15 is 0 Å². The molecule has 38 heavy (non-hydrogen) atoms. The van der Waals surface area contributed by atoms with Gasteiger partial charge >= 0.3 is 0 Å². The van der Waals surface area contributed by atoms with E-state index < -0.39 is 38.3 Å². The number of nitrogens with zero attached hydrogens (tertiary/aromatic N) is 1. The van der Waals surface area contributed by atoms with Crippen molar-refractivity contribution in [2.45, 2.75) is 16.7 Å². The molecule has 4 aromatic carbocycles. The summed E-state index contributed by atoms with van der Waals surface area (Å²) in [5.74, 6) is -1.25. The first-order chi connectivity index (χ1) is 18.0. The standard InChI is InChI=1S/C27H24FN3O5S2/c1-20-7-11-23(12-8-20)30-37(33,34)25-17-13-22(14-18-25)29-27(32)19-31(24-5-3-2-4-6-24)38(35,36)26-15-9-21(28)10-16-26/h2-18,30H,19H2,1H3,(H,29,32). The Morgan fingerprint density at radius 3 is 1.89 bits per heavy atom. The highest BCUT2D eigenvalue weighted by molar-refractivity contribution is 7.93. The van der Waals surface area contributed by atoms with Crippen LogP contribution in [-0.2, 0) is 24.8 Å². The molecule has 0 saturated heterocycles. The highest BCUT2D eigenvalue weighted by Crippen LogP contribution is 2.24. The third kappa shape index (κ3) is 6.36. The molecule has 196 valence electrons. The summed E-state index contributed by atoms with van der Waals surface area (Å²) in [5, 5.41) is 2.59. The van der Waals surface area contributed by atoms with Crippen LogP contribution in [0.3, 0.4) is 0 Å². The molecule has 11 heteroatoms. The average molecular weight is 554 g/mol. The summed E-state index contributed by atoms with van der Waals surface area (Å²) in [6.07, 6.45) is 0. The van der Waals surface area contributed by atoms with Gasteiger partial charge in [0.25, 0.3) is 20.0 Å². The van der Waals surface area contributed by atoms with Crippen molar-refractivity contribution >= 4 is 43.0 Å². The number of benzene rings is 4. The highest BCUT2D eigenvalue weighted by Gasteiger charge is 2.27. The minimum Gasteiger partial charge on any atom is -0.325 e. The van der Waals surface area contributed by atoms with E-state index in [-0.39, 0.29) is 21.2 Å². The molecule has 0 aromatic heterocycles. The molecule has 8 nitrogen and oxygen atoms in total. The number of sulfonamides is 2. The molecule has 0 bridgehead atoms. The second-order valence-electron chi connectivity index (χ2n) is 8.35. The van der Waals surface area contributed by atoms with Gasteiger partial charge in [0.1, 0.15) is 12.4 Å². The number of halogens is 1. The van der Waals surface area contributed by atoms with Gasteiger partial charge in [-0.1, -0.05) is 35.9 Å². The number of anilines is 3. The molecule has 0 unspecified atom stereocenters. The third-order valence-electron chi connectivity index (χ3n) is 5.49. The summed E-state index contributed by atoms with van der Waals surface area (Å²) in [7, 11) is -8.06. The minimum absolute atomic E-state index is 0.0131. The van der Waals surface area contributed by atoms with Gasteiger partial charge in [0.05, 0.1) is 15.5 Å². The van der Waals surface area contributed by atoms with Gasteiger partial charge in [-0.2, -0.15) is 0 Å². The molecule has 0 atom stereocenters. The summed E-state index contributed by atoms with van der Waals surface area (Å²) in [5.41, 5.74) is 1.92. The Morgan fingerprint density at radius 1 is 0.737 bits per heavy atom. The van der Waals surface area contributed by atoms with Crippen molar-refractivity contribution < 1.29 is 26.0 Å². The molecule has 0 heterocycles. The second kappa shape index (κ2) is 11.0. The summed E-state index contributed by atoms with van der Waals surface area (Å²) < 4.78 is 68.8. The summed E-state index contributed by atoms with van der Waals surface area (Å²) in [6.45, 7) is 1.32. The number of aryl methyl sites for hydroxylation is 1. The Kier molecular flexibility index (Phi) is 7.79. The third-order valence-corrected chi connectivity index (χ3v) is 8.67. The average Bonchev–Trinajstić information content (AvgIpc) is 2.89. The lowest BCUT2D eigenvalue weighted by atomic mass is 10.2. The molecule has 0 radical (unpaired) electrons. The van der Waals surface area contributed by atoms with E-state index in [0.29, 0.717) is 5.69 Å². The molecule has 1 amide bonds. The Hall–Kier alpha value is -4.22. The normalized spacial score (nSPS) is 11.5. The van der Waals surface area contributed by atoms with Crippen LogP contribution in [0.4, 0.5) is 21.5 Å². The van der Waals surface area contributed by atoms with Gasteiger partial charge in [-0.3, -0.25) is 13.8 Å². The molecule has 0 saturated carbocycles. The number of amides is 1. The maximum atomic E-state index is 13.4. The van der Waals surface area contributed by atoms with E-state index in [1.165, 1.54) is 36.4 Å². The smallest absolute Gasteiger partial charge is 0.264 e. The number of hydrogen-bond acceptors (Lipinski definition) is 5. The first kappa shape index (κ1) is 26.8. The lowest BCUT2D eigenvalue weighted by Gasteiger charge is -2.24. The van der Waals surface area contributed by atoms with Crippen LogP contribution in [0.5, 0.6) is 0 Å². The van der Waals surface area contributed by atoms with E-state index in [9.17, 15) is 26.0 Å². The van der Waals surface area contributed by atoms with Gasteiger partial charge in [0.2, 0.25) is 5.91 Å². The fourth-order valence-corrected chi connectivity index (χ4v) is 6.01. The van der Waals surface area contributed by atoms with Gasteiger partial charge in [0, 0.05) is 11.4 Å². The lowest BCUT2D eigenvalue weighted by Crippen LogP contribution is -2.38.